The number of ether oxygens (including phenoxy) is 1. The Morgan fingerprint density at radius 2 is 2.10 bits per heavy atom. The van der Waals surface area contributed by atoms with Crippen molar-refractivity contribution in [2.45, 2.75) is 52.7 Å². The standard InChI is InChI=1S/C14H22N2O3S/c1-6-9(2)11(13(18)19-14(3,4)5)16-12(17)10-7-20-8-15-10/h7-9,11H,6H2,1-5H3,(H,16,17)/t9-,11-/m0/s1. The Labute approximate surface area is 123 Å². The van der Waals surface area contributed by atoms with E-state index >= 15 is 0 Å². The van der Waals surface area contributed by atoms with Crippen LogP contribution in [0.5, 0.6) is 0 Å². The third-order valence-electron chi connectivity index (χ3n) is 2.83. The molecule has 5 nitrogen and oxygen atoms in total. The van der Waals surface area contributed by atoms with Crippen molar-refractivity contribution in [3.63, 3.8) is 0 Å². The van der Waals surface area contributed by atoms with Crippen LogP contribution < -0.4 is 5.32 Å². The summed E-state index contributed by atoms with van der Waals surface area (Å²) in [6.07, 6.45) is 0.765. The highest BCUT2D eigenvalue weighted by molar-refractivity contribution is 7.07. The van der Waals surface area contributed by atoms with Crippen LogP contribution in [-0.4, -0.2) is 28.5 Å². The average Bonchev–Trinajstić information content (AvgIpc) is 2.86. The van der Waals surface area contributed by atoms with E-state index in [2.05, 4.69) is 10.3 Å². The molecule has 0 unspecified atom stereocenters. The van der Waals surface area contributed by atoms with Crippen LogP contribution in [0.1, 0.15) is 51.5 Å². The first kappa shape index (κ1) is 16.6. The van der Waals surface area contributed by atoms with Gasteiger partial charge in [0.2, 0.25) is 0 Å². The molecule has 2 atom stereocenters. The SMILES string of the molecule is CC[C@H](C)[C@H](NC(=O)c1cscn1)C(=O)OC(C)(C)C. The quantitative estimate of drug-likeness (QED) is 0.848. The lowest BCUT2D eigenvalue weighted by Gasteiger charge is -2.27. The first-order valence-electron chi connectivity index (χ1n) is 6.66. The topological polar surface area (TPSA) is 68.3 Å². The zero-order valence-corrected chi connectivity index (χ0v) is 13.4. The van der Waals surface area contributed by atoms with Crippen LogP contribution in [0.25, 0.3) is 0 Å². The number of rotatable bonds is 5. The maximum atomic E-state index is 12.2. The van der Waals surface area contributed by atoms with Crippen molar-refractivity contribution in [2.24, 2.45) is 5.92 Å². The number of hydrogen-bond donors (Lipinski definition) is 1. The van der Waals surface area contributed by atoms with Gasteiger partial charge < -0.3 is 10.1 Å². The van der Waals surface area contributed by atoms with E-state index < -0.39 is 17.6 Å². The number of carbonyl (C=O) groups excluding carboxylic acids is 2. The molecule has 1 N–H and O–H groups in total. The number of aromatic nitrogens is 1. The van der Waals surface area contributed by atoms with Crippen LogP contribution in [0, 0.1) is 5.92 Å². The van der Waals surface area contributed by atoms with Crippen LogP contribution in [0.3, 0.4) is 0 Å². The van der Waals surface area contributed by atoms with Crippen LogP contribution in [-0.2, 0) is 9.53 Å². The minimum absolute atomic E-state index is 0.00700. The molecule has 1 amide bonds. The minimum Gasteiger partial charge on any atom is -0.458 e. The molecule has 1 heterocycles. The molecule has 0 saturated carbocycles. The zero-order chi connectivity index (χ0) is 15.3. The van der Waals surface area contributed by atoms with Gasteiger partial charge in [-0.1, -0.05) is 20.3 Å². The van der Waals surface area contributed by atoms with Crippen molar-refractivity contribution in [1.82, 2.24) is 10.3 Å². The summed E-state index contributed by atoms with van der Waals surface area (Å²) in [4.78, 5) is 28.2. The lowest BCUT2D eigenvalue weighted by Crippen LogP contribution is -2.47. The highest BCUT2D eigenvalue weighted by Crippen LogP contribution is 2.15. The van der Waals surface area contributed by atoms with Crippen molar-refractivity contribution in [2.75, 3.05) is 0 Å². The highest BCUT2D eigenvalue weighted by Gasteiger charge is 2.30. The molecule has 0 aliphatic heterocycles. The van der Waals surface area contributed by atoms with Crippen LogP contribution in [0.15, 0.2) is 10.9 Å². The molecule has 1 aromatic rings. The summed E-state index contributed by atoms with van der Waals surface area (Å²) in [6.45, 7) is 9.30. The van der Waals surface area contributed by atoms with Crippen molar-refractivity contribution in [1.29, 1.82) is 0 Å². The van der Waals surface area contributed by atoms with Crippen molar-refractivity contribution in [3.05, 3.63) is 16.6 Å². The van der Waals surface area contributed by atoms with Gasteiger partial charge in [-0.15, -0.1) is 11.3 Å². The van der Waals surface area contributed by atoms with Crippen molar-refractivity contribution < 1.29 is 14.3 Å². The fourth-order valence-electron chi connectivity index (χ4n) is 1.57. The average molecular weight is 298 g/mol. The molecule has 0 saturated heterocycles. The summed E-state index contributed by atoms with van der Waals surface area (Å²) < 4.78 is 5.37. The van der Waals surface area contributed by atoms with Crippen molar-refractivity contribution >= 4 is 23.2 Å². The molecule has 20 heavy (non-hydrogen) atoms. The summed E-state index contributed by atoms with van der Waals surface area (Å²) in [5.41, 5.74) is 1.33. The Kier molecular flexibility index (Phi) is 5.68. The van der Waals surface area contributed by atoms with Crippen LogP contribution in [0.4, 0.5) is 0 Å². The Balaban J connectivity index is 2.79. The molecule has 112 valence electrons. The van der Waals surface area contributed by atoms with E-state index in [0.29, 0.717) is 5.69 Å². The number of amides is 1. The molecule has 0 aliphatic carbocycles. The van der Waals surface area contributed by atoms with E-state index in [0.717, 1.165) is 6.42 Å². The lowest BCUT2D eigenvalue weighted by atomic mass is 9.98. The number of thiazole rings is 1. The van der Waals surface area contributed by atoms with Crippen molar-refractivity contribution in [3.8, 4) is 0 Å². The van der Waals surface area contributed by atoms with Crippen LogP contribution in [0.2, 0.25) is 0 Å². The molecule has 0 aliphatic rings. The summed E-state index contributed by atoms with van der Waals surface area (Å²) in [5.74, 6) is -0.759. The first-order chi connectivity index (χ1) is 9.24. The Morgan fingerprint density at radius 1 is 1.45 bits per heavy atom. The molecule has 6 heteroatoms. The zero-order valence-electron chi connectivity index (χ0n) is 12.6. The van der Waals surface area contributed by atoms with Gasteiger partial charge in [-0.3, -0.25) is 4.79 Å². The third kappa shape index (κ3) is 4.92. The maximum absolute atomic E-state index is 12.2. The minimum atomic E-state index is -0.659. The van der Waals surface area contributed by atoms with Gasteiger partial charge in [0.05, 0.1) is 5.51 Å². The number of nitrogens with zero attached hydrogens (tertiary/aromatic N) is 1. The van der Waals surface area contributed by atoms with E-state index in [1.54, 1.807) is 31.7 Å². The van der Waals surface area contributed by atoms with Gasteiger partial charge >= 0.3 is 5.97 Å². The summed E-state index contributed by atoms with van der Waals surface area (Å²) in [6, 6.07) is -0.659. The van der Waals surface area contributed by atoms with E-state index in [9.17, 15) is 9.59 Å². The summed E-state index contributed by atoms with van der Waals surface area (Å²) >= 11 is 1.34. The molecule has 0 aromatic carbocycles. The van der Waals surface area contributed by atoms with Gasteiger partial charge in [-0.25, -0.2) is 9.78 Å². The van der Waals surface area contributed by atoms with E-state index in [1.807, 2.05) is 13.8 Å². The second-order valence-electron chi connectivity index (χ2n) is 5.74. The fourth-order valence-corrected chi connectivity index (χ4v) is 2.11. The monoisotopic (exact) mass is 298 g/mol. The Bertz CT molecular complexity index is 451. The molecule has 1 rings (SSSR count). The number of esters is 1. The number of hydrogen-bond acceptors (Lipinski definition) is 5. The van der Waals surface area contributed by atoms with Gasteiger partial charge in [0, 0.05) is 5.38 Å². The van der Waals surface area contributed by atoms with Gasteiger partial charge in [0.1, 0.15) is 17.3 Å². The molecule has 0 spiro atoms. The van der Waals surface area contributed by atoms with Gasteiger partial charge in [-0.2, -0.15) is 0 Å². The maximum Gasteiger partial charge on any atom is 0.329 e. The predicted molar refractivity (Wildman–Crippen MR) is 78.7 cm³/mol. The third-order valence-corrected chi connectivity index (χ3v) is 3.41. The highest BCUT2D eigenvalue weighted by atomic mass is 32.1. The molecule has 1 aromatic heterocycles. The van der Waals surface area contributed by atoms with E-state index in [-0.39, 0.29) is 11.8 Å². The predicted octanol–water partition coefficient (Wildman–Crippen LogP) is 2.63. The number of carbonyl (C=O) groups is 2. The van der Waals surface area contributed by atoms with E-state index in [1.165, 1.54) is 11.3 Å². The van der Waals surface area contributed by atoms with Gasteiger partial charge in [0.25, 0.3) is 5.91 Å². The van der Waals surface area contributed by atoms with Crippen LogP contribution >= 0.6 is 11.3 Å². The Morgan fingerprint density at radius 3 is 2.55 bits per heavy atom. The largest absolute Gasteiger partial charge is 0.458 e. The first-order valence-corrected chi connectivity index (χ1v) is 7.60. The molecular weight excluding hydrogens is 276 g/mol. The molecule has 0 fully saturated rings. The summed E-state index contributed by atoms with van der Waals surface area (Å²) in [5, 5.41) is 4.37. The second kappa shape index (κ2) is 6.83. The molecule has 0 bridgehead atoms. The van der Waals surface area contributed by atoms with Gasteiger partial charge in [0.15, 0.2) is 0 Å². The molecular formula is C14H22N2O3S. The molecule has 0 radical (unpaired) electrons. The second-order valence-corrected chi connectivity index (χ2v) is 6.46. The lowest BCUT2D eigenvalue weighted by molar-refractivity contribution is -0.158. The smallest absolute Gasteiger partial charge is 0.329 e. The van der Waals surface area contributed by atoms with E-state index in [4.69, 9.17) is 4.74 Å². The van der Waals surface area contributed by atoms with Gasteiger partial charge in [-0.05, 0) is 26.7 Å². The summed E-state index contributed by atoms with van der Waals surface area (Å²) in [7, 11) is 0. The normalized spacial score (nSPS) is 14.4. The number of nitrogens with one attached hydrogen (secondary N) is 1. The fraction of sp³-hybridized carbons (Fsp3) is 0.643. The Hall–Kier alpha value is -1.43.